The molecule has 0 bridgehead atoms. The minimum absolute atomic E-state index is 0.415. The van der Waals surface area contributed by atoms with E-state index >= 15 is 0 Å². The number of rotatable bonds is 3. The maximum atomic E-state index is 10.9. The highest BCUT2D eigenvalue weighted by molar-refractivity contribution is 5.67. The van der Waals surface area contributed by atoms with E-state index in [9.17, 15) is 4.79 Å². The number of benzene rings is 1. The fourth-order valence-corrected chi connectivity index (χ4v) is 1.43. The summed E-state index contributed by atoms with van der Waals surface area (Å²) < 4.78 is 9.39. The molecule has 0 radical (unpaired) electrons. The van der Waals surface area contributed by atoms with E-state index in [1.165, 1.54) is 7.11 Å². The molecule has 0 atom stereocenters. The number of nitrogens with one attached hydrogen (secondary N) is 1. The molecule has 94 valence electrons. The number of carbonyl (C=O) groups excluding carboxylic acids is 1. The topological polar surface area (TPSA) is 77.2 Å². The highest BCUT2D eigenvalue weighted by Crippen LogP contribution is 2.16. The third-order valence-corrected chi connectivity index (χ3v) is 2.36. The zero-order valence-electron chi connectivity index (χ0n) is 10.1. The summed E-state index contributed by atoms with van der Waals surface area (Å²) >= 11 is 0. The van der Waals surface area contributed by atoms with Crippen LogP contribution in [0.3, 0.4) is 0 Å². The Morgan fingerprint density at radius 1 is 1.39 bits per heavy atom. The highest BCUT2D eigenvalue weighted by atomic mass is 16.5. The minimum Gasteiger partial charge on any atom is -0.453 e. The van der Waals surface area contributed by atoms with Crippen LogP contribution in [0.5, 0.6) is 0 Å². The second-order valence-electron chi connectivity index (χ2n) is 3.68. The molecule has 2 aromatic rings. The summed E-state index contributed by atoms with van der Waals surface area (Å²) in [4.78, 5) is 15.0. The number of methoxy groups -OCH3 is 1. The first-order valence-electron chi connectivity index (χ1n) is 5.40. The summed E-state index contributed by atoms with van der Waals surface area (Å²) in [5.74, 6) is 1.08. The molecule has 18 heavy (non-hydrogen) atoms. The lowest BCUT2D eigenvalue weighted by Crippen LogP contribution is -2.22. The summed E-state index contributed by atoms with van der Waals surface area (Å²) in [7, 11) is 1.33. The van der Waals surface area contributed by atoms with Gasteiger partial charge in [-0.05, 0) is 5.56 Å². The van der Waals surface area contributed by atoms with Crippen molar-refractivity contribution in [3.63, 3.8) is 0 Å². The summed E-state index contributed by atoms with van der Waals surface area (Å²) in [5, 5.41) is 6.43. The molecule has 2 rings (SSSR count). The van der Waals surface area contributed by atoms with E-state index in [4.69, 9.17) is 4.52 Å². The Kier molecular flexibility index (Phi) is 3.57. The number of aryl methyl sites for hydroxylation is 1. The normalized spacial score (nSPS) is 10.1. The van der Waals surface area contributed by atoms with Gasteiger partial charge in [0.25, 0.3) is 0 Å². The van der Waals surface area contributed by atoms with Crippen molar-refractivity contribution in [1.29, 1.82) is 0 Å². The van der Waals surface area contributed by atoms with Crippen molar-refractivity contribution in [3.8, 4) is 11.4 Å². The van der Waals surface area contributed by atoms with Crippen molar-refractivity contribution in [3.05, 3.63) is 35.7 Å². The molecule has 6 nitrogen and oxygen atoms in total. The van der Waals surface area contributed by atoms with E-state index in [0.717, 1.165) is 11.1 Å². The third kappa shape index (κ3) is 2.85. The van der Waals surface area contributed by atoms with Crippen LogP contribution >= 0.6 is 0 Å². The number of ether oxygens (including phenoxy) is 1. The fraction of sp³-hybridized carbons (Fsp3) is 0.250. The Hall–Kier alpha value is -2.37. The third-order valence-electron chi connectivity index (χ3n) is 2.36. The molecule has 1 amide bonds. The lowest BCUT2D eigenvalue weighted by Gasteiger charge is -2.03. The maximum Gasteiger partial charge on any atom is 0.407 e. The fourth-order valence-electron chi connectivity index (χ4n) is 1.43. The van der Waals surface area contributed by atoms with Crippen LogP contribution in [0.1, 0.15) is 11.5 Å². The van der Waals surface area contributed by atoms with Gasteiger partial charge in [0.05, 0.1) is 7.11 Å². The SMILES string of the molecule is COC(=O)NCc1ccc(-c2noc(C)n2)cc1. The van der Waals surface area contributed by atoms with Gasteiger partial charge in [0.1, 0.15) is 0 Å². The Morgan fingerprint density at radius 3 is 2.67 bits per heavy atom. The van der Waals surface area contributed by atoms with E-state index in [2.05, 4.69) is 20.2 Å². The molecule has 0 saturated heterocycles. The van der Waals surface area contributed by atoms with Gasteiger partial charge in [0.15, 0.2) is 0 Å². The van der Waals surface area contributed by atoms with Crippen molar-refractivity contribution in [2.24, 2.45) is 0 Å². The van der Waals surface area contributed by atoms with Crippen LogP contribution in [0.25, 0.3) is 11.4 Å². The summed E-state index contributed by atoms with van der Waals surface area (Å²) in [6, 6.07) is 7.52. The molecule has 0 aliphatic carbocycles. The lowest BCUT2D eigenvalue weighted by atomic mass is 10.1. The quantitative estimate of drug-likeness (QED) is 0.896. The average Bonchev–Trinajstić information content (AvgIpc) is 2.83. The Labute approximate surface area is 104 Å². The monoisotopic (exact) mass is 247 g/mol. The molecule has 1 aromatic heterocycles. The summed E-state index contributed by atoms with van der Waals surface area (Å²) in [5.41, 5.74) is 1.83. The van der Waals surface area contributed by atoms with Crippen molar-refractivity contribution in [2.45, 2.75) is 13.5 Å². The van der Waals surface area contributed by atoms with Gasteiger partial charge in [-0.25, -0.2) is 4.79 Å². The molecule has 0 spiro atoms. The molecule has 0 aliphatic rings. The number of aromatic nitrogens is 2. The first kappa shape index (κ1) is 12.1. The zero-order chi connectivity index (χ0) is 13.0. The van der Waals surface area contributed by atoms with Crippen LogP contribution in [0, 0.1) is 6.92 Å². The molecule has 6 heteroatoms. The van der Waals surface area contributed by atoms with Gasteiger partial charge in [-0.2, -0.15) is 4.98 Å². The van der Waals surface area contributed by atoms with Crippen LogP contribution in [-0.4, -0.2) is 23.3 Å². The van der Waals surface area contributed by atoms with E-state index in [1.54, 1.807) is 6.92 Å². The van der Waals surface area contributed by atoms with Gasteiger partial charge < -0.3 is 14.6 Å². The Balaban J connectivity index is 2.03. The molecule has 0 fully saturated rings. The van der Waals surface area contributed by atoms with Gasteiger partial charge in [0.2, 0.25) is 11.7 Å². The number of amides is 1. The van der Waals surface area contributed by atoms with E-state index < -0.39 is 6.09 Å². The molecule has 1 heterocycles. The maximum absolute atomic E-state index is 10.9. The number of nitrogens with zero attached hydrogens (tertiary/aromatic N) is 2. The van der Waals surface area contributed by atoms with Crippen molar-refractivity contribution < 1.29 is 14.1 Å². The smallest absolute Gasteiger partial charge is 0.407 e. The average molecular weight is 247 g/mol. The van der Waals surface area contributed by atoms with Crippen molar-refractivity contribution >= 4 is 6.09 Å². The lowest BCUT2D eigenvalue weighted by molar-refractivity contribution is 0.170. The van der Waals surface area contributed by atoms with Crippen LogP contribution in [0.2, 0.25) is 0 Å². The van der Waals surface area contributed by atoms with Gasteiger partial charge >= 0.3 is 6.09 Å². The Morgan fingerprint density at radius 2 is 2.11 bits per heavy atom. The number of alkyl carbamates (subject to hydrolysis) is 1. The largest absolute Gasteiger partial charge is 0.453 e. The number of hydrogen-bond donors (Lipinski definition) is 1. The predicted molar refractivity (Wildman–Crippen MR) is 63.7 cm³/mol. The van der Waals surface area contributed by atoms with E-state index in [0.29, 0.717) is 18.3 Å². The zero-order valence-corrected chi connectivity index (χ0v) is 10.1. The van der Waals surface area contributed by atoms with Gasteiger partial charge in [-0.1, -0.05) is 29.4 Å². The Bertz CT molecular complexity index is 534. The number of carbonyl (C=O) groups is 1. The summed E-state index contributed by atoms with van der Waals surface area (Å²) in [6.45, 7) is 2.16. The standard InChI is InChI=1S/C12H13N3O3/c1-8-14-11(15-18-8)10-5-3-9(4-6-10)7-13-12(16)17-2/h3-6H,7H2,1-2H3,(H,13,16). The summed E-state index contributed by atoms with van der Waals surface area (Å²) in [6.07, 6.45) is -0.451. The molecule has 0 aliphatic heterocycles. The molecular weight excluding hydrogens is 234 g/mol. The van der Waals surface area contributed by atoms with Gasteiger partial charge in [-0.3, -0.25) is 0 Å². The second kappa shape index (κ2) is 5.31. The first-order valence-corrected chi connectivity index (χ1v) is 5.40. The van der Waals surface area contributed by atoms with Crippen LogP contribution in [0.15, 0.2) is 28.8 Å². The second-order valence-corrected chi connectivity index (χ2v) is 3.68. The minimum atomic E-state index is -0.451. The van der Waals surface area contributed by atoms with Crippen LogP contribution in [0.4, 0.5) is 4.79 Å². The van der Waals surface area contributed by atoms with Crippen LogP contribution in [-0.2, 0) is 11.3 Å². The first-order chi connectivity index (χ1) is 8.69. The highest BCUT2D eigenvalue weighted by Gasteiger charge is 2.05. The number of hydrogen-bond acceptors (Lipinski definition) is 5. The van der Waals surface area contributed by atoms with E-state index in [-0.39, 0.29) is 0 Å². The molecule has 1 N–H and O–H groups in total. The van der Waals surface area contributed by atoms with Gasteiger partial charge in [0, 0.05) is 19.0 Å². The van der Waals surface area contributed by atoms with Crippen LogP contribution < -0.4 is 5.32 Å². The molecular formula is C12H13N3O3. The molecule has 0 saturated carbocycles. The van der Waals surface area contributed by atoms with Gasteiger partial charge in [-0.15, -0.1) is 0 Å². The van der Waals surface area contributed by atoms with E-state index in [1.807, 2.05) is 24.3 Å². The predicted octanol–water partition coefficient (Wildman–Crippen LogP) is 1.90. The molecule has 0 unspecified atom stereocenters. The molecule has 1 aromatic carbocycles. The van der Waals surface area contributed by atoms with Crippen molar-refractivity contribution in [1.82, 2.24) is 15.5 Å². The van der Waals surface area contributed by atoms with Crippen molar-refractivity contribution in [2.75, 3.05) is 7.11 Å².